The number of anilines is 1. The maximum absolute atomic E-state index is 12.3. The molecule has 0 atom stereocenters. The summed E-state index contributed by atoms with van der Waals surface area (Å²) in [6.45, 7) is 6.08. The highest BCUT2D eigenvalue weighted by Gasteiger charge is 2.21. The van der Waals surface area contributed by atoms with Gasteiger partial charge in [-0.05, 0) is 18.9 Å². The number of carbonyl (C=O) groups is 1. The van der Waals surface area contributed by atoms with Crippen molar-refractivity contribution in [2.45, 2.75) is 12.8 Å². The molecule has 0 saturated carbocycles. The van der Waals surface area contributed by atoms with Crippen LogP contribution in [0.25, 0.3) is 11.3 Å². The summed E-state index contributed by atoms with van der Waals surface area (Å²) in [5, 5.41) is 6.01. The van der Waals surface area contributed by atoms with E-state index in [4.69, 9.17) is 0 Å². The third-order valence-electron chi connectivity index (χ3n) is 3.50. The van der Waals surface area contributed by atoms with E-state index in [0.717, 1.165) is 42.3 Å². The molecule has 5 nitrogen and oxygen atoms in total. The third-order valence-corrected chi connectivity index (χ3v) is 4.30. The summed E-state index contributed by atoms with van der Waals surface area (Å²) < 4.78 is 0. The molecule has 2 N–H and O–H groups in total. The first-order valence-corrected chi connectivity index (χ1v) is 7.94. The lowest BCUT2D eigenvalue weighted by atomic mass is 10.2. The summed E-state index contributed by atoms with van der Waals surface area (Å²) in [6.07, 6.45) is 5.84. The van der Waals surface area contributed by atoms with Crippen LogP contribution in [0.4, 0.5) is 5.13 Å². The van der Waals surface area contributed by atoms with Crippen LogP contribution in [0.1, 0.15) is 23.3 Å². The predicted octanol–water partition coefficient (Wildman–Crippen LogP) is 2.97. The summed E-state index contributed by atoms with van der Waals surface area (Å²) in [4.78, 5) is 21.8. The van der Waals surface area contributed by atoms with E-state index in [1.54, 1.807) is 17.4 Å². The van der Waals surface area contributed by atoms with Gasteiger partial charge in [0, 0.05) is 36.8 Å². The maximum atomic E-state index is 12.3. The number of rotatable bonds is 5. The van der Waals surface area contributed by atoms with Crippen LogP contribution >= 0.6 is 11.3 Å². The quantitative estimate of drug-likeness (QED) is 0.835. The topological polar surface area (TPSA) is 61.0 Å². The average molecular weight is 302 g/mol. The van der Waals surface area contributed by atoms with Gasteiger partial charge in [-0.25, -0.2) is 4.98 Å². The lowest BCUT2D eigenvalue weighted by molar-refractivity contribution is 0.0788. The van der Waals surface area contributed by atoms with E-state index >= 15 is 0 Å². The Morgan fingerprint density at radius 3 is 3.10 bits per heavy atom. The molecule has 3 heterocycles. The van der Waals surface area contributed by atoms with Crippen molar-refractivity contribution >= 4 is 22.4 Å². The van der Waals surface area contributed by atoms with Gasteiger partial charge < -0.3 is 15.2 Å². The summed E-state index contributed by atoms with van der Waals surface area (Å²) in [5.41, 5.74) is 2.46. The predicted molar refractivity (Wildman–Crippen MR) is 85.7 cm³/mol. The molecule has 0 radical (unpaired) electrons. The first-order valence-electron chi connectivity index (χ1n) is 7.06. The molecule has 21 heavy (non-hydrogen) atoms. The van der Waals surface area contributed by atoms with Crippen LogP contribution in [0.5, 0.6) is 0 Å². The van der Waals surface area contributed by atoms with Crippen molar-refractivity contribution in [3.05, 3.63) is 36.0 Å². The molecule has 2 aromatic rings. The molecule has 1 saturated heterocycles. The highest BCUT2D eigenvalue weighted by Crippen LogP contribution is 2.26. The zero-order valence-corrected chi connectivity index (χ0v) is 12.6. The fourth-order valence-electron chi connectivity index (χ4n) is 2.40. The zero-order chi connectivity index (χ0) is 14.7. The Balaban J connectivity index is 1.73. The molecule has 2 aromatic heterocycles. The number of thiazole rings is 1. The van der Waals surface area contributed by atoms with Gasteiger partial charge in [0.25, 0.3) is 5.91 Å². The molecule has 0 aliphatic carbocycles. The van der Waals surface area contributed by atoms with Gasteiger partial charge in [0.2, 0.25) is 0 Å². The Labute approximate surface area is 127 Å². The number of carbonyl (C=O) groups excluding carboxylic acids is 1. The Morgan fingerprint density at radius 1 is 1.52 bits per heavy atom. The second-order valence-electron chi connectivity index (χ2n) is 5.01. The largest absolute Gasteiger partial charge is 0.358 e. The van der Waals surface area contributed by atoms with Gasteiger partial charge in [-0.15, -0.1) is 17.9 Å². The monoisotopic (exact) mass is 302 g/mol. The van der Waals surface area contributed by atoms with Crippen LogP contribution in [0.3, 0.4) is 0 Å². The highest BCUT2D eigenvalue weighted by molar-refractivity contribution is 7.14. The van der Waals surface area contributed by atoms with Crippen LogP contribution in [-0.2, 0) is 0 Å². The summed E-state index contributed by atoms with van der Waals surface area (Å²) in [7, 11) is 0. The van der Waals surface area contributed by atoms with Crippen LogP contribution in [0.15, 0.2) is 30.3 Å². The third kappa shape index (κ3) is 3.00. The number of H-pyrrole nitrogens is 1. The lowest BCUT2D eigenvalue weighted by Crippen LogP contribution is -2.27. The molecule has 0 spiro atoms. The van der Waals surface area contributed by atoms with Crippen LogP contribution in [0, 0.1) is 0 Å². The molecule has 1 fully saturated rings. The Kier molecular flexibility index (Phi) is 4.06. The Hall–Kier alpha value is -2.08. The van der Waals surface area contributed by atoms with Gasteiger partial charge in [0.05, 0.1) is 5.69 Å². The molecule has 1 aliphatic heterocycles. The first-order chi connectivity index (χ1) is 10.3. The van der Waals surface area contributed by atoms with Crippen molar-refractivity contribution in [2.24, 2.45) is 0 Å². The van der Waals surface area contributed by atoms with E-state index in [2.05, 4.69) is 21.9 Å². The number of nitrogens with zero attached hydrogens (tertiary/aromatic N) is 2. The summed E-state index contributed by atoms with van der Waals surface area (Å²) in [5.74, 6) is 0.0824. The smallest absolute Gasteiger partial charge is 0.270 e. The molecule has 6 heteroatoms. The second-order valence-corrected chi connectivity index (χ2v) is 5.87. The molecule has 1 aliphatic rings. The minimum Gasteiger partial charge on any atom is -0.358 e. The number of hydrogen-bond donors (Lipinski definition) is 2. The minimum atomic E-state index is 0.0824. The molecule has 3 rings (SSSR count). The van der Waals surface area contributed by atoms with Crippen LogP contribution < -0.4 is 5.32 Å². The molecular formula is C15H18N4OS. The van der Waals surface area contributed by atoms with Crippen LogP contribution in [-0.4, -0.2) is 40.4 Å². The first kappa shape index (κ1) is 13.9. The van der Waals surface area contributed by atoms with Crippen molar-refractivity contribution in [3.63, 3.8) is 0 Å². The number of nitrogens with one attached hydrogen (secondary N) is 2. The molecule has 0 aromatic carbocycles. The average Bonchev–Trinajstić information content (AvgIpc) is 3.24. The molecular weight excluding hydrogens is 284 g/mol. The summed E-state index contributed by atoms with van der Waals surface area (Å²) in [6, 6.07) is 1.88. The fraction of sp³-hybridized carbons (Fsp3) is 0.333. The number of hydrogen-bond acceptors (Lipinski definition) is 4. The van der Waals surface area contributed by atoms with E-state index in [1.165, 1.54) is 0 Å². The van der Waals surface area contributed by atoms with Crippen molar-refractivity contribution in [3.8, 4) is 11.3 Å². The number of aromatic nitrogens is 2. The maximum Gasteiger partial charge on any atom is 0.270 e. The van der Waals surface area contributed by atoms with Gasteiger partial charge in [-0.1, -0.05) is 6.08 Å². The van der Waals surface area contributed by atoms with E-state index in [9.17, 15) is 4.79 Å². The van der Waals surface area contributed by atoms with E-state index in [-0.39, 0.29) is 5.91 Å². The van der Waals surface area contributed by atoms with Gasteiger partial charge in [-0.2, -0.15) is 0 Å². The van der Waals surface area contributed by atoms with Crippen molar-refractivity contribution in [2.75, 3.05) is 25.0 Å². The molecule has 0 unspecified atom stereocenters. The van der Waals surface area contributed by atoms with Crippen molar-refractivity contribution in [1.29, 1.82) is 0 Å². The SMILES string of the molecule is C=CCNc1nc(-c2c[nH]c(C(=O)N3CCCC3)c2)cs1. The molecule has 110 valence electrons. The van der Waals surface area contributed by atoms with Gasteiger partial charge >= 0.3 is 0 Å². The highest BCUT2D eigenvalue weighted by atomic mass is 32.1. The zero-order valence-electron chi connectivity index (χ0n) is 11.8. The molecule has 1 amide bonds. The van der Waals surface area contributed by atoms with Crippen molar-refractivity contribution in [1.82, 2.24) is 14.9 Å². The number of aromatic amines is 1. The van der Waals surface area contributed by atoms with E-state index < -0.39 is 0 Å². The Morgan fingerprint density at radius 2 is 2.33 bits per heavy atom. The second kappa shape index (κ2) is 6.13. The van der Waals surface area contributed by atoms with Gasteiger partial charge in [-0.3, -0.25) is 4.79 Å². The van der Waals surface area contributed by atoms with Crippen molar-refractivity contribution < 1.29 is 4.79 Å². The normalized spacial score (nSPS) is 14.4. The van der Waals surface area contributed by atoms with E-state index in [0.29, 0.717) is 12.2 Å². The Bertz CT molecular complexity index is 640. The van der Waals surface area contributed by atoms with E-state index in [1.807, 2.05) is 22.5 Å². The van der Waals surface area contributed by atoms with Gasteiger partial charge in [0.1, 0.15) is 5.69 Å². The fourth-order valence-corrected chi connectivity index (χ4v) is 3.13. The summed E-state index contributed by atoms with van der Waals surface area (Å²) >= 11 is 1.55. The van der Waals surface area contributed by atoms with Gasteiger partial charge in [0.15, 0.2) is 5.13 Å². The molecule has 0 bridgehead atoms. The standard InChI is InChI=1S/C15H18N4OS/c1-2-5-16-15-18-13(10-21-15)11-8-12(17-9-11)14(20)19-6-3-4-7-19/h2,8-10,17H,1,3-7H2,(H,16,18). The van der Waals surface area contributed by atoms with Crippen LogP contribution in [0.2, 0.25) is 0 Å². The number of likely N-dealkylation sites (tertiary alicyclic amines) is 1. The lowest BCUT2D eigenvalue weighted by Gasteiger charge is -2.13. The minimum absolute atomic E-state index is 0.0824. The number of amides is 1.